The monoisotopic (exact) mass is 401 g/mol. The van der Waals surface area contributed by atoms with E-state index in [1.54, 1.807) is 6.07 Å². The molecule has 3 rings (SSSR count). The summed E-state index contributed by atoms with van der Waals surface area (Å²) in [5, 5.41) is 13.0. The highest BCUT2D eigenvalue weighted by atomic mass is 32.1. The van der Waals surface area contributed by atoms with Crippen molar-refractivity contribution in [3.63, 3.8) is 0 Å². The first-order valence-corrected chi connectivity index (χ1v) is 9.68. The lowest BCUT2D eigenvalue weighted by Gasteiger charge is -2.13. The van der Waals surface area contributed by atoms with Crippen LogP contribution in [-0.2, 0) is 6.42 Å². The number of hydrogen-bond acceptors (Lipinski definition) is 4. The van der Waals surface area contributed by atoms with Crippen LogP contribution in [0.15, 0.2) is 36.4 Å². The van der Waals surface area contributed by atoms with Gasteiger partial charge in [-0.3, -0.25) is 4.79 Å². The van der Waals surface area contributed by atoms with Crippen LogP contribution >= 0.6 is 11.3 Å². The number of carboxylic acids is 1. The number of ether oxygens (including phenoxy) is 1. The Hall–Kier alpha value is -2.93. The lowest BCUT2D eigenvalue weighted by Crippen LogP contribution is -2.13. The van der Waals surface area contributed by atoms with Crippen LogP contribution in [0.5, 0.6) is 5.75 Å². The summed E-state index contributed by atoms with van der Waals surface area (Å²) in [7, 11) is 0. The van der Waals surface area contributed by atoms with Crippen LogP contribution < -0.4 is 10.1 Å². The van der Waals surface area contributed by atoms with Crippen molar-refractivity contribution >= 4 is 39.0 Å². The van der Waals surface area contributed by atoms with E-state index in [-0.39, 0.29) is 16.9 Å². The number of halogens is 1. The molecule has 2 aromatic carbocycles. The topological polar surface area (TPSA) is 75.6 Å². The van der Waals surface area contributed by atoms with E-state index in [9.17, 15) is 19.1 Å². The van der Waals surface area contributed by atoms with Crippen molar-refractivity contribution in [1.82, 2.24) is 0 Å². The third kappa shape index (κ3) is 3.99. The molecule has 28 heavy (non-hydrogen) atoms. The maximum absolute atomic E-state index is 13.1. The summed E-state index contributed by atoms with van der Waals surface area (Å²) in [4.78, 5) is 24.3. The number of carboxylic acid groups (broad SMARTS) is 1. The molecular weight excluding hydrogens is 381 g/mol. The van der Waals surface area contributed by atoms with Crippen molar-refractivity contribution in [1.29, 1.82) is 0 Å². The molecule has 0 aliphatic carbocycles. The number of carbonyl (C=O) groups is 2. The first-order valence-electron chi connectivity index (χ1n) is 8.86. The van der Waals surface area contributed by atoms with Gasteiger partial charge in [0, 0.05) is 21.3 Å². The summed E-state index contributed by atoms with van der Waals surface area (Å²) in [5.41, 5.74) is 1.78. The predicted octanol–water partition coefficient (Wildman–Crippen LogP) is 5.34. The number of thiophene rings is 1. The number of aryl methyl sites for hydroxylation is 1. The zero-order valence-corrected chi connectivity index (χ0v) is 16.5. The van der Waals surface area contributed by atoms with Crippen LogP contribution in [0.2, 0.25) is 0 Å². The average Bonchev–Trinajstić information content (AvgIpc) is 2.98. The molecule has 2 N–H and O–H groups in total. The number of nitrogens with one attached hydrogen (secondary N) is 1. The van der Waals surface area contributed by atoms with Crippen molar-refractivity contribution < 1.29 is 23.8 Å². The van der Waals surface area contributed by atoms with Crippen LogP contribution in [0.4, 0.5) is 10.1 Å². The molecule has 0 aliphatic heterocycles. The summed E-state index contributed by atoms with van der Waals surface area (Å²) >= 11 is 1.15. The Bertz CT molecular complexity index is 1040. The van der Waals surface area contributed by atoms with Gasteiger partial charge >= 0.3 is 5.97 Å². The summed E-state index contributed by atoms with van der Waals surface area (Å²) < 4.78 is 19.6. The highest BCUT2D eigenvalue weighted by molar-refractivity contribution is 7.21. The van der Waals surface area contributed by atoms with E-state index in [1.807, 2.05) is 26.8 Å². The zero-order valence-electron chi connectivity index (χ0n) is 15.7. The Kier molecular flexibility index (Phi) is 5.65. The SMILES string of the molecule is CCc1cc2sc(C(=O)O)c(OC(C)C)c2cc1NC(=O)c1ccc(F)cc1. The fourth-order valence-corrected chi connectivity index (χ4v) is 3.88. The quantitative estimate of drug-likeness (QED) is 0.585. The number of aromatic carboxylic acids is 1. The second kappa shape index (κ2) is 7.98. The second-order valence-electron chi connectivity index (χ2n) is 6.55. The number of anilines is 1. The van der Waals surface area contributed by atoms with Gasteiger partial charge < -0.3 is 15.2 Å². The van der Waals surface area contributed by atoms with Gasteiger partial charge in [0.25, 0.3) is 5.91 Å². The van der Waals surface area contributed by atoms with Crippen molar-refractivity contribution in [2.24, 2.45) is 0 Å². The largest absolute Gasteiger partial charge is 0.489 e. The number of amides is 1. The number of benzene rings is 2. The van der Waals surface area contributed by atoms with E-state index < -0.39 is 11.8 Å². The number of hydrogen-bond donors (Lipinski definition) is 2. The van der Waals surface area contributed by atoms with E-state index >= 15 is 0 Å². The highest BCUT2D eigenvalue weighted by Gasteiger charge is 2.22. The Labute approximate surface area is 165 Å². The van der Waals surface area contributed by atoms with Gasteiger partial charge in [0.1, 0.15) is 5.82 Å². The molecule has 7 heteroatoms. The zero-order chi connectivity index (χ0) is 20.4. The number of carbonyl (C=O) groups excluding carboxylic acids is 1. The van der Waals surface area contributed by atoms with Crippen molar-refractivity contribution in [3.05, 3.63) is 58.2 Å². The van der Waals surface area contributed by atoms with Gasteiger partial charge in [0.15, 0.2) is 10.6 Å². The van der Waals surface area contributed by atoms with Crippen LogP contribution in [0.1, 0.15) is 46.4 Å². The molecule has 1 aromatic heterocycles. The van der Waals surface area contributed by atoms with Gasteiger partial charge in [0.2, 0.25) is 0 Å². The highest BCUT2D eigenvalue weighted by Crippen LogP contribution is 2.41. The van der Waals surface area contributed by atoms with Gasteiger partial charge in [-0.2, -0.15) is 0 Å². The molecule has 0 atom stereocenters. The lowest BCUT2D eigenvalue weighted by molar-refractivity contribution is 0.0696. The third-order valence-corrected chi connectivity index (χ3v) is 5.27. The number of rotatable bonds is 6. The fourth-order valence-electron chi connectivity index (χ4n) is 2.86. The summed E-state index contributed by atoms with van der Waals surface area (Å²) in [5.74, 6) is -1.52. The number of fused-ring (bicyclic) bond motifs is 1. The van der Waals surface area contributed by atoms with Gasteiger partial charge in [-0.1, -0.05) is 6.92 Å². The van der Waals surface area contributed by atoms with Crippen molar-refractivity contribution in [3.8, 4) is 5.75 Å². The predicted molar refractivity (Wildman–Crippen MR) is 108 cm³/mol. The second-order valence-corrected chi connectivity index (χ2v) is 7.60. The molecule has 0 saturated carbocycles. The van der Waals surface area contributed by atoms with Crippen molar-refractivity contribution in [2.45, 2.75) is 33.3 Å². The Morgan fingerprint density at radius 1 is 1.21 bits per heavy atom. The first kappa shape index (κ1) is 19.8. The molecule has 3 aromatic rings. The molecule has 5 nitrogen and oxygen atoms in total. The standard InChI is InChI=1S/C21H20FNO4S/c1-4-12-9-17-15(18(27-11(2)3)19(28-17)21(25)26)10-16(12)23-20(24)13-5-7-14(22)8-6-13/h5-11H,4H2,1-3H3,(H,23,24)(H,25,26). The Morgan fingerprint density at radius 3 is 2.46 bits per heavy atom. The fraction of sp³-hybridized carbons (Fsp3) is 0.238. The molecule has 0 spiro atoms. The molecule has 146 valence electrons. The molecule has 1 amide bonds. The van der Waals surface area contributed by atoms with Crippen LogP contribution in [0.25, 0.3) is 10.1 Å². The third-order valence-electron chi connectivity index (χ3n) is 4.15. The molecule has 0 unspecified atom stereocenters. The van der Waals surface area contributed by atoms with E-state index in [4.69, 9.17) is 4.74 Å². The Balaban J connectivity index is 2.07. The maximum atomic E-state index is 13.1. The smallest absolute Gasteiger partial charge is 0.349 e. The molecule has 0 radical (unpaired) electrons. The van der Waals surface area contributed by atoms with Gasteiger partial charge in [-0.05, 0) is 62.2 Å². The summed E-state index contributed by atoms with van der Waals surface area (Å²) in [6.45, 7) is 5.60. The van der Waals surface area contributed by atoms with Gasteiger partial charge in [-0.25, -0.2) is 9.18 Å². The minimum Gasteiger partial charge on any atom is -0.489 e. The normalized spacial score (nSPS) is 11.0. The molecule has 0 aliphatic rings. The minimum absolute atomic E-state index is 0.132. The molecule has 0 saturated heterocycles. The van der Waals surface area contributed by atoms with Gasteiger partial charge in [-0.15, -0.1) is 11.3 Å². The van der Waals surface area contributed by atoms with E-state index in [1.165, 1.54) is 24.3 Å². The van der Waals surface area contributed by atoms with E-state index in [2.05, 4.69) is 5.32 Å². The van der Waals surface area contributed by atoms with Crippen molar-refractivity contribution in [2.75, 3.05) is 5.32 Å². The molecule has 0 fully saturated rings. The molecule has 1 heterocycles. The first-order chi connectivity index (χ1) is 13.3. The average molecular weight is 401 g/mol. The van der Waals surface area contributed by atoms with E-state index in [0.29, 0.717) is 28.8 Å². The minimum atomic E-state index is -1.05. The van der Waals surface area contributed by atoms with Gasteiger partial charge in [0.05, 0.1) is 6.10 Å². The van der Waals surface area contributed by atoms with E-state index in [0.717, 1.165) is 21.6 Å². The Morgan fingerprint density at radius 2 is 1.89 bits per heavy atom. The summed E-state index contributed by atoms with van der Waals surface area (Å²) in [6, 6.07) is 8.90. The molecular formula is C21H20FNO4S. The van der Waals surface area contributed by atoms with Crippen LogP contribution in [-0.4, -0.2) is 23.1 Å². The lowest BCUT2D eigenvalue weighted by atomic mass is 10.1. The van der Waals surface area contributed by atoms with Crippen LogP contribution in [0.3, 0.4) is 0 Å². The molecule has 0 bridgehead atoms. The van der Waals surface area contributed by atoms with Crippen LogP contribution in [0, 0.1) is 5.82 Å². The maximum Gasteiger partial charge on any atom is 0.349 e. The summed E-state index contributed by atoms with van der Waals surface area (Å²) in [6.07, 6.45) is 0.453.